The van der Waals surface area contributed by atoms with Gasteiger partial charge in [-0.05, 0) is 47.9 Å². The van der Waals surface area contributed by atoms with Gasteiger partial charge in [-0.15, -0.1) is 0 Å². The Balaban J connectivity index is 2.14. The van der Waals surface area contributed by atoms with E-state index in [-0.39, 0.29) is 11.9 Å². The molecule has 0 aliphatic carbocycles. The molecule has 6 heteroatoms. The fraction of sp³-hybridized carbons (Fsp3) is 0.286. The van der Waals surface area contributed by atoms with Crippen LogP contribution in [0.4, 0.5) is 0 Å². The molecule has 27 heavy (non-hydrogen) atoms. The smallest absolute Gasteiger partial charge is 0.244 e. The van der Waals surface area contributed by atoms with Crippen LogP contribution in [0.3, 0.4) is 0 Å². The van der Waals surface area contributed by atoms with Gasteiger partial charge in [0, 0.05) is 10.5 Å². The SMILES string of the molecule is CCC(NC(=O)/C=C/c1cc(OC)c(OC)c(OC)c1)c1ccc(Br)cc1. The van der Waals surface area contributed by atoms with E-state index < -0.39 is 0 Å². The number of carbonyl (C=O) groups excluding carboxylic acids is 1. The molecule has 1 N–H and O–H groups in total. The molecule has 0 aliphatic heterocycles. The van der Waals surface area contributed by atoms with Gasteiger partial charge < -0.3 is 19.5 Å². The summed E-state index contributed by atoms with van der Waals surface area (Å²) in [6, 6.07) is 11.5. The van der Waals surface area contributed by atoms with Gasteiger partial charge in [-0.25, -0.2) is 0 Å². The van der Waals surface area contributed by atoms with Crippen molar-refractivity contribution in [2.24, 2.45) is 0 Å². The number of carbonyl (C=O) groups is 1. The van der Waals surface area contributed by atoms with Crippen LogP contribution in [-0.4, -0.2) is 27.2 Å². The molecular weight excluding hydrogens is 410 g/mol. The molecule has 5 nitrogen and oxygen atoms in total. The zero-order valence-corrected chi connectivity index (χ0v) is 17.5. The maximum absolute atomic E-state index is 12.4. The minimum Gasteiger partial charge on any atom is -0.493 e. The highest BCUT2D eigenvalue weighted by Crippen LogP contribution is 2.38. The number of halogens is 1. The molecule has 0 radical (unpaired) electrons. The van der Waals surface area contributed by atoms with Crippen molar-refractivity contribution in [2.45, 2.75) is 19.4 Å². The molecular formula is C21H24BrNO4. The number of nitrogens with one attached hydrogen (secondary N) is 1. The Labute approximate surface area is 168 Å². The van der Waals surface area contributed by atoms with E-state index in [0.717, 1.165) is 22.0 Å². The highest BCUT2D eigenvalue weighted by molar-refractivity contribution is 9.10. The summed E-state index contributed by atoms with van der Waals surface area (Å²) in [4.78, 5) is 12.4. The predicted molar refractivity (Wildman–Crippen MR) is 110 cm³/mol. The van der Waals surface area contributed by atoms with Crippen LogP contribution in [0.25, 0.3) is 6.08 Å². The van der Waals surface area contributed by atoms with E-state index in [1.54, 1.807) is 39.5 Å². The van der Waals surface area contributed by atoms with E-state index in [4.69, 9.17) is 14.2 Å². The number of amides is 1. The summed E-state index contributed by atoms with van der Waals surface area (Å²) in [6.45, 7) is 2.04. The lowest BCUT2D eigenvalue weighted by Gasteiger charge is -2.16. The van der Waals surface area contributed by atoms with Crippen molar-refractivity contribution < 1.29 is 19.0 Å². The molecule has 0 aliphatic rings. The average Bonchev–Trinajstić information content (AvgIpc) is 2.70. The van der Waals surface area contributed by atoms with Crippen molar-refractivity contribution in [3.05, 3.63) is 58.1 Å². The Morgan fingerprint density at radius 1 is 1.07 bits per heavy atom. The van der Waals surface area contributed by atoms with Crippen LogP contribution in [0.1, 0.15) is 30.5 Å². The van der Waals surface area contributed by atoms with E-state index >= 15 is 0 Å². The van der Waals surface area contributed by atoms with E-state index in [1.165, 1.54) is 6.08 Å². The van der Waals surface area contributed by atoms with Gasteiger partial charge in [0.1, 0.15) is 0 Å². The second-order valence-electron chi connectivity index (χ2n) is 5.81. The van der Waals surface area contributed by atoms with Crippen LogP contribution in [-0.2, 0) is 4.79 Å². The molecule has 2 aromatic rings. The number of benzene rings is 2. The van der Waals surface area contributed by atoms with E-state index in [2.05, 4.69) is 21.2 Å². The number of rotatable bonds is 8. The molecule has 1 amide bonds. The van der Waals surface area contributed by atoms with Crippen LogP contribution in [0.2, 0.25) is 0 Å². The van der Waals surface area contributed by atoms with Crippen molar-refractivity contribution in [3.63, 3.8) is 0 Å². The summed E-state index contributed by atoms with van der Waals surface area (Å²) in [6.07, 6.45) is 4.02. The van der Waals surface area contributed by atoms with E-state index in [0.29, 0.717) is 17.2 Å². The molecule has 144 valence electrons. The highest BCUT2D eigenvalue weighted by atomic mass is 79.9. The van der Waals surface area contributed by atoms with Gasteiger partial charge in [0.2, 0.25) is 11.7 Å². The second-order valence-corrected chi connectivity index (χ2v) is 6.73. The molecule has 0 fully saturated rings. The summed E-state index contributed by atoms with van der Waals surface area (Å²) in [7, 11) is 4.67. The maximum atomic E-state index is 12.4. The minimum absolute atomic E-state index is 0.0461. The summed E-state index contributed by atoms with van der Waals surface area (Å²) in [5.74, 6) is 1.43. The zero-order valence-electron chi connectivity index (χ0n) is 15.9. The molecule has 0 aromatic heterocycles. The van der Waals surface area contributed by atoms with Crippen molar-refractivity contribution in [1.82, 2.24) is 5.32 Å². The van der Waals surface area contributed by atoms with Gasteiger partial charge in [0.15, 0.2) is 11.5 Å². The van der Waals surface area contributed by atoms with Crippen molar-refractivity contribution in [2.75, 3.05) is 21.3 Å². The van der Waals surface area contributed by atoms with Crippen molar-refractivity contribution in [1.29, 1.82) is 0 Å². The third kappa shape index (κ3) is 5.50. The van der Waals surface area contributed by atoms with Gasteiger partial charge in [-0.1, -0.05) is 35.0 Å². The summed E-state index contributed by atoms with van der Waals surface area (Å²) in [5, 5.41) is 3.02. The number of ether oxygens (including phenoxy) is 3. The Kier molecular flexibility index (Phi) is 7.73. The number of hydrogen-bond donors (Lipinski definition) is 1. The molecule has 0 bridgehead atoms. The summed E-state index contributed by atoms with van der Waals surface area (Å²) in [5.41, 5.74) is 1.84. The fourth-order valence-corrected chi connectivity index (χ4v) is 2.97. The van der Waals surface area contributed by atoms with Crippen LogP contribution >= 0.6 is 15.9 Å². The van der Waals surface area contributed by atoms with Gasteiger partial charge in [0.25, 0.3) is 0 Å². The van der Waals surface area contributed by atoms with Crippen LogP contribution in [0.5, 0.6) is 17.2 Å². The van der Waals surface area contributed by atoms with E-state index in [9.17, 15) is 4.79 Å². The molecule has 0 saturated carbocycles. The van der Waals surface area contributed by atoms with Crippen molar-refractivity contribution >= 4 is 27.9 Å². The predicted octanol–water partition coefficient (Wildman–Crippen LogP) is 4.76. The zero-order chi connectivity index (χ0) is 19.8. The molecule has 1 atom stereocenters. The molecule has 2 rings (SSSR count). The highest BCUT2D eigenvalue weighted by Gasteiger charge is 2.13. The number of methoxy groups -OCH3 is 3. The van der Waals surface area contributed by atoms with Gasteiger partial charge in [0.05, 0.1) is 27.4 Å². The summed E-state index contributed by atoms with van der Waals surface area (Å²) < 4.78 is 17.0. The second kappa shape index (κ2) is 10.0. The third-order valence-electron chi connectivity index (χ3n) is 4.11. The molecule has 0 saturated heterocycles. The molecule has 2 aromatic carbocycles. The van der Waals surface area contributed by atoms with Gasteiger partial charge in [-0.3, -0.25) is 4.79 Å². The largest absolute Gasteiger partial charge is 0.493 e. The van der Waals surface area contributed by atoms with Crippen LogP contribution in [0.15, 0.2) is 46.9 Å². The first-order chi connectivity index (χ1) is 13.0. The normalized spacial score (nSPS) is 11.9. The molecule has 0 heterocycles. The Hall–Kier alpha value is -2.47. The fourth-order valence-electron chi connectivity index (χ4n) is 2.71. The Bertz CT molecular complexity index is 777. The monoisotopic (exact) mass is 433 g/mol. The lowest BCUT2D eigenvalue weighted by molar-refractivity contribution is -0.117. The minimum atomic E-state index is -0.168. The van der Waals surface area contributed by atoms with Gasteiger partial charge >= 0.3 is 0 Å². The lowest BCUT2D eigenvalue weighted by Crippen LogP contribution is -2.26. The first kappa shape index (κ1) is 20.8. The van der Waals surface area contributed by atoms with Crippen LogP contribution < -0.4 is 19.5 Å². The quantitative estimate of drug-likeness (QED) is 0.609. The maximum Gasteiger partial charge on any atom is 0.244 e. The average molecular weight is 434 g/mol. The Morgan fingerprint density at radius 2 is 1.67 bits per heavy atom. The number of hydrogen-bond acceptors (Lipinski definition) is 4. The standard InChI is InChI=1S/C21H24BrNO4/c1-5-17(15-7-9-16(22)10-8-15)23-20(24)11-6-14-12-18(25-2)21(27-4)19(13-14)26-3/h6-13,17H,5H2,1-4H3,(H,23,24)/b11-6+. The van der Waals surface area contributed by atoms with E-state index in [1.807, 2.05) is 31.2 Å². The molecule has 1 unspecified atom stereocenters. The first-order valence-corrected chi connectivity index (χ1v) is 9.35. The summed E-state index contributed by atoms with van der Waals surface area (Å²) >= 11 is 3.42. The lowest BCUT2D eigenvalue weighted by atomic mass is 10.0. The Morgan fingerprint density at radius 3 is 2.15 bits per heavy atom. The molecule has 0 spiro atoms. The first-order valence-electron chi connectivity index (χ1n) is 8.56. The third-order valence-corrected chi connectivity index (χ3v) is 4.64. The topological polar surface area (TPSA) is 56.8 Å². The van der Waals surface area contributed by atoms with Crippen LogP contribution in [0, 0.1) is 0 Å². The van der Waals surface area contributed by atoms with Crippen molar-refractivity contribution in [3.8, 4) is 17.2 Å². The van der Waals surface area contributed by atoms with Gasteiger partial charge in [-0.2, -0.15) is 0 Å².